The molecule has 49 heavy (non-hydrogen) atoms. The van der Waals surface area contributed by atoms with Crippen molar-refractivity contribution in [3.8, 4) is 0 Å². The minimum atomic E-state index is -2.56. The standard InChI is InChI=1S/C36H74B2N4P2Si5/c1-31(2)39(32(3)4)37(41(45(9,10)11)46(12,13)14)43-49(35-27-23-21-24-28-35,36-29-25-22-26-30-36)44-38(40(33(5)6)34(7)8)42(47(15,16)17)48(18,19)20/h21-34H,1-20H3/q-2. The molecule has 2 aromatic rings. The summed E-state index contributed by atoms with van der Waals surface area (Å²) >= 11 is 0. The van der Waals surface area contributed by atoms with Gasteiger partial charge in [-0.25, -0.2) is 0 Å². The largest absolute Gasteiger partial charge is 0.551 e. The Bertz CT molecular complexity index is 1140. The molecule has 0 bridgehead atoms. The monoisotopic (exact) mass is 786 g/mol. The first-order chi connectivity index (χ1) is 22.2. The van der Waals surface area contributed by atoms with E-state index >= 15 is 0 Å². The first kappa shape index (κ1) is 45.5. The maximum Gasteiger partial charge on any atom is 0.113 e. The minimum absolute atomic E-state index is 0.345. The van der Waals surface area contributed by atoms with Crippen molar-refractivity contribution in [2.45, 2.75) is 158 Å². The lowest BCUT2D eigenvalue weighted by Crippen LogP contribution is -2.74. The Morgan fingerprint density at radius 3 is 0.816 bits per heavy atom. The summed E-state index contributed by atoms with van der Waals surface area (Å²) in [5, 5.41) is 3.16. The van der Waals surface area contributed by atoms with Gasteiger partial charge >= 0.3 is 0 Å². The van der Waals surface area contributed by atoms with Gasteiger partial charge < -0.3 is 33.9 Å². The maximum atomic E-state index is 3.15. The number of benzene rings is 2. The van der Waals surface area contributed by atoms with Crippen molar-refractivity contribution in [1.82, 2.24) is 17.9 Å². The van der Waals surface area contributed by atoms with Gasteiger partial charge in [-0.15, -0.1) is 10.4 Å². The fraction of sp³-hybridized carbons (Fsp3) is 0.667. The molecule has 0 aliphatic rings. The Balaban J connectivity index is 3.27. The van der Waals surface area contributed by atoms with Gasteiger partial charge in [0.15, 0.2) is 0 Å². The van der Waals surface area contributed by atoms with Gasteiger partial charge in [-0.2, -0.15) is 7.41 Å². The van der Waals surface area contributed by atoms with Crippen LogP contribution in [-0.4, -0.2) is 95.8 Å². The first-order valence-corrected chi connectivity index (χ1v) is 38.3. The molecule has 0 spiro atoms. The molecule has 0 saturated carbocycles. The Hall–Kier alpha value is 0.354. The van der Waals surface area contributed by atoms with Crippen molar-refractivity contribution in [2.24, 2.45) is 0 Å². The highest BCUT2D eigenvalue weighted by atomic mass is 31.6. The van der Waals surface area contributed by atoms with E-state index in [-0.39, 0.29) is 0 Å². The molecule has 0 aromatic heterocycles. The zero-order chi connectivity index (χ0) is 37.9. The van der Waals surface area contributed by atoms with Crippen molar-refractivity contribution >= 4 is 80.1 Å². The summed E-state index contributed by atoms with van der Waals surface area (Å²) in [6.07, 6.45) is 0. The molecular weight excluding hydrogens is 712 g/mol. The predicted molar refractivity (Wildman–Crippen MR) is 245 cm³/mol. The molecule has 0 N–H and O–H groups in total. The molecule has 0 atom stereocenters. The van der Waals surface area contributed by atoms with Gasteiger partial charge in [-0.1, -0.05) is 195 Å². The van der Waals surface area contributed by atoms with E-state index in [1.165, 1.54) is 0 Å². The molecule has 0 fully saturated rings. The third-order valence-electron chi connectivity index (χ3n) is 9.23. The van der Waals surface area contributed by atoms with E-state index < -0.39 is 40.4 Å². The van der Waals surface area contributed by atoms with Gasteiger partial charge in [0, 0.05) is 0 Å². The molecule has 276 valence electrons. The summed E-state index contributed by atoms with van der Waals surface area (Å²) < 4.78 is 6.30. The minimum Gasteiger partial charge on any atom is -0.551 e. The van der Waals surface area contributed by atoms with Crippen LogP contribution in [0.1, 0.15) is 55.4 Å². The van der Waals surface area contributed by atoms with Gasteiger partial charge in [0.1, 0.15) is 46.3 Å². The molecule has 0 saturated heterocycles. The zero-order valence-corrected chi connectivity index (χ0v) is 42.2. The first-order valence-electron chi connectivity index (χ1n) is 18.9. The summed E-state index contributed by atoms with van der Waals surface area (Å²) in [6, 6.07) is 25.6. The van der Waals surface area contributed by atoms with Gasteiger partial charge in [-0.3, -0.25) is 0 Å². The Labute approximate surface area is 315 Å². The van der Waals surface area contributed by atoms with E-state index in [1.807, 2.05) is 0 Å². The van der Waals surface area contributed by atoms with E-state index in [2.05, 4.69) is 213 Å². The Morgan fingerprint density at radius 2 is 0.633 bits per heavy atom. The van der Waals surface area contributed by atoms with Crippen molar-refractivity contribution < 1.29 is 0 Å². The van der Waals surface area contributed by atoms with E-state index in [1.54, 1.807) is 26.4 Å². The summed E-state index contributed by atoms with van der Waals surface area (Å²) in [6.45, 7) is 51.6. The van der Waals surface area contributed by atoms with Crippen LogP contribution in [-0.2, 0) is 0 Å². The van der Waals surface area contributed by atoms with Crippen LogP contribution in [0.25, 0.3) is 0 Å². The van der Waals surface area contributed by atoms with Crippen LogP contribution < -0.4 is 10.4 Å². The summed E-state index contributed by atoms with van der Waals surface area (Å²) in [5.41, 5.74) is 0. The van der Waals surface area contributed by atoms with Crippen molar-refractivity contribution in [2.75, 3.05) is 0 Å². The van der Waals surface area contributed by atoms with Gasteiger partial charge in [0.25, 0.3) is 0 Å². The highest BCUT2D eigenvalue weighted by Crippen LogP contribution is 2.50. The zero-order valence-electron chi connectivity index (χ0n) is 35.4. The van der Waals surface area contributed by atoms with Gasteiger partial charge in [0.05, 0.1) is 0 Å². The van der Waals surface area contributed by atoms with Crippen LogP contribution in [0, 0.1) is 0 Å². The normalized spacial score (nSPS) is 14.6. The summed E-state index contributed by atoms with van der Waals surface area (Å²) in [5.74, 6) is 0. The number of nitrogens with zero attached hydrogens (tertiary/aromatic N) is 4. The molecule has 0 unspecified atom stereocenters. The molecular formula is C36H74B2N4P2Si5-2. The Kier molecular flexibility index (Phi) is 16.4. The predicted octanol–water partition coefficient (Wildman–Crippen LogP) is 10.3. The smallest absolute Gasteiger partial charge is 0.113 e. The van der Waals surface area contributed by atoms with Crippen LogP contribution in [0.3, 0.4) is 0 Å². The van der Waals surface area contributed by atoms with Gasteiger partial charge in [-0.05, 0) is 24.2 Å². The third-order valence-corrected chi connectivity index (χ3v) is 38.2. The summed E-state index contributed by atoms with van der Waals surface area (Å²) in [4.78, 5) is 5.82. The molecule has 0 radical (unpaired) electrons. The molecule has 13 heteroatoms. The number of rotatable bonds is 18. The lowest BCUT2D eigenvalue weighted by atomic mass is 10.0. The lowest BCUT2D eigenvalue weighted by Gasteiger charge is -2.70. The van der Waals surface area contributed by atoms with E-state index in [4.69, 9.17) is 0 Å². The molecule has 0 heterocycles. The van der Waals surface area contributed by atoms with E-state index in [9.17, 15) is 0 Å². The average Bonchev–Trinajstić information content (AvgIpc) is 2.89. The van der Waals surface area contributed by atoms with Crippen molar-refractivity contribution in [1.29, 1.82) is 0 Å². The number of hydrogen-bond donors (Lipinski definition) is 0. The average molecular weight is 787 g/mol. The fourth-order valence-electron chi connectivity index (χ4n) is 8.35. The second-order valence-corrected chi connectivity index (χ2v) is 49.8. The van der Waals surface area contributed by atoms with E-state index in [0.717, 1.165) is 0 Å². The van der Waals surface area contributed by atoms with Gasteiger partial charge in [0.2, 0.25) is 0 Å². The quantitative estimate of drug-likeness (QED) is 0.110. The fourth-order valence-corrected chi connectivity index (χ4v) is 48.3. The number of hydrogen-bond acceptors (Lipinski definition) is 4. The molecule has 4 nitrogen and oxygen atoms in total. The second kappa shape index (κ2) is 17.7. The highest BCUT2D eigenvalue weighted by molar-refractivity contribution is 8.34. The second-order valence-electron chi connectivity index (χ2n) is 19.0. The van der Waals surface area contributed by atoms with Crippen molar-refractivity contribution in [3.05, 3.63) is 60.7 Å². The third kappa shape index (κ3) is 11.7. The van der Waals surface area contributed by atoms with Crippen LogP contribution in [0.4, 0.5) is 0 Å². The van der Waals surface area contributed by atoms with Crippen LogP contribution in [0.5, 0.6) is 0 Å². The van der Waals surface area contributed by atoms with Crippen LogP contribution in [0.15, 0.2) is 60.7 Å². The van der Waals surface area contributed by atoms with Crippen LogP contribution >= 0.6 is 16.0 Å². The Morgan fingerprint density at radius 1 is 0.408 bits per heavy atom. The molecule has 2 aromatic carbocycles. The van der Waals surface area contributed by atoms with Crippen LogP contribution in [0.2, 0.25) is 78.6 Å². The SMILES string of the molecule is CC(C)N(B([P-][Si]([P-]B(N(C(C)C)C(C)C)N([Si](C)(C)C)[Si](C)(C)C)(c1ccccc1)c1ccccc1)N([Si](C)(C)C)[Si](C)(C)C)C(C)C. The highest BCUT2D eigenvalue weighted by Gasteiger charge is 2.44. The topological polar surface area (TPSA) is 13.0 Å². The molecule has 0 aliphatic heterocycles. The maximum absolute atomic E-state index is 3.15. The van der Waals surface area contributed by atoms with Crippen molar-refractivity contribution in [3.63, 3.8) is 0 Å². The molecule has 2 rings (SSSR count). The summed E-state index contributed by atoms with van der Waals surface area (Å²) in [7, 11) is -6.41. The lowest BCUT2D eigenvalue weighted by molar-refractivity contribution is 0.300. The molecule has 0 amide bonds. The van der Waals surface area contributed by atoms with E-state index in [0.29, 0.717) is 37.6 Å². The molecule has 0 aliphatic carbocycles.